The molecule has 1 N–H and O–H groups in total. The van der Waals surface area contributed by atoms with Crippen LogP contribution in [0.1, 0.15) is 5.56 Å². The van der Waals surface area contributed by atoms with Gasteiger partial charge in [-0.15, -0.1) is 11.3 Å². The van der Waals surface area contributed by atoms with Crippen LogP contribution in [0.5, 0.6) is 5.75 Å². The van der Waals surface area contributed by atoms with Gasteiger partial charge in [0.05, 0.1) is 11.6 Å². The smallest absolute Gasteiger partial charge is 0.266 e. The first-order valence-electron chi connectivity index (χ1n) is 7.74. The van der Waals surface area contributed by atoms with Crippen LogP contribution in [0.4, 0.5) is 13.9 Å². The van der Waals surface area contributed by atoms with Crippen molar-refractivity contribution in [2.75, 3.05) is 11.3 Å². The van der Waals surface area contributed by atoms with Gasteiger partial charge in [-0.1, -0.05) is 23.2 Å². The molecule has 0 atom stereocenters. The first kappa shape index (κ1) is 20.8. The van der Waals surface area contributed by atoms with Crippen LogP contribution in [0.15, 0.2) is 46.8 Å². The van der Waals surface area contributed by atoms with Gasteiger partial charge in [-0.3, -0.25) is 4.72 Å². The van der Waals surface area contributed by atoms with Crippen molar-refractivity contribution in [3.05, 3.63) is 69.2 Å². The van der Waals surface area contributed by atoms with Crippen LogP contribution in [0.25, 0.3) is 0 Å². The number of nitrogens with one attached hydrogen (secondary N) is 1. The summed E-state index contributed by atoms with van der Waals surface area (Å²) in [7, 11) is -4.21. The molecular formula is C17H12Cl2F2N2O3S2. The molecule has 3 rings (SSSR count). The van der Waals surface area contributed by atoms with Gasteiger partial charge in [-0.2, -0.15) is 0 Å². The van der Waals surface area contributed by atoms with Gasteiger partial charge in [0.1, 0.15) is 22.3 Å². The van der Waals surface area contributed by atoms with Crippen LogP contribution in [-0.4, -0.2) is 20.0 Å². The molecule has 0 aliphatic carbocycles. The Kier molecular flexibility index (Phi) is 6.39. The minimum Gasteiger partial charge on any atom is -0.492 e. The highest BCUT2D eigenvalue weighted by molar-refractivity contribution is 7.93. The van der Waals surface area contributed by atoms with Crippen molar-refractivity contribution in [3.8, 4) is 5.75 Å². The van der Waals surface area contributed by atoms with E-state index in [2.05, 4.69) is 9.71 Å². The SMILES string of the molecule is O=S(=O)(Nc1nccs1)c1cc(Cl)c(OCCc2cc(Cl)ccc2F)cc1F. The summed E-state index contributed by atoms with van der Waals surface area (Å²) in [5.74, 6) is -1.55. The minimum atomic E-state index is -4.21. The molecule has 5 nitrogen and oxygen atoms in total. The maximum atomic E-state index is 14.4. The van der Waals surface area contributed by atoms with Gasteiger partial charge in [0, 0.05) is 29.1 Å². The Morgan fingerprint density at radius 2 is 1.93 bits per heavy atom. The summed E-state index contributed by atoms with van der Waals surface area (Å²) in [4.78, 5) is 3.15. The van der Waals surface area contributed by atoms with Gasteiger partial charge in [0.15, 0.2) is 5.13 Å². The zero-order chi connectivity index (χ0) is 20.3. The zero-order valence-electron chi connectivity index (χ0n) is 14.0. The van der Waals surface area contributed by atoms with Crippen LogP contribution < -0.4 is 9.46 Å². The Balaban J connectivity index is 1.74. The van der Waals surface area contributed by atoms with Crippen molar-refractivity contribution in [1.29, 1.82) is 0 Å². The highest BCUT2D eigenvalue weighted by atomic mass is 35.5. The number of benzene rings is 2. The summed E-state index contributed by atoms with van der Waals surface area (Å²) < 4.78 is 60.2. The molecule has 0 saturated heterocycles. The number of aromatic nitrogens is 1. The summed E-state index contributed by atoms with van der Waals surface area (Å²) in [6, 6.07) is 5.93. The number of thiazole rings is 1. The third-order valence-corrected chi connectivity index (χ3v) is 6.27. The molecular weight excluding hydrogens is 453 g/mol. The molecule has 28 heavy (non-hydrogen) atoms. The Bertz CT molecular complexity index is 1090. The summed E-state index contributed by atoms with van der Waals surface area (Å²) in [6.45, 7) is -0.0140. The van der Waals surface area contributed by atoms with Gasteiger partial charge in [0.25, 0.3) is 10.0 Å². The monoisotopic (exact) mass is 464 g/mol. The quantitative estimate of drug-likeness (QED) is 0.524. The van der Waals surface area contributed by atoms with E-state index in [0.717, 1.165) is 23.5 Å². The molecule has 0 saturated carbocycles. The van der Waals surface area contributed by atoms with E-state index in [4.69, 9.17) is 27.9 Å². The third-order valence-electron chi connectivity index (χ3n) is 3.57. The lowest BCUT2D eigenvalue weighted by atomic mass is 10.1. The van der Waals surface area contributed by atoms with E-state index < -0.39 is 26.6 Å². The van der Waals surface area contributed by atoms with E-state index >= 15 is 0 Å². The van der Waals surface area contributed by atoms with Crippen LogP contribution >= 0.6 is 34.5 Å². The van der Waals surface area contributed by atoms with Gasteiger partial charge in [-0.25, -0.2) is 22.2 Å². The highest BCUT2D eigenvalue weighted by Crippen LogP contribution is 2.31. The maximum absolute atomic E-state index is 14.4. The highest BCUT2D eigenvalue weighted by Gasteiger charge is 2.23. The Hall–Kier alpha value is -1.94. The van der Waals surface area contributed by atoms with E-state index in [9.17, 15) is 17.2 Å². The largest absolute Gasteiger partial charge is 0.492 e. The predicted molar refractivity (Wildman–Crippen MR) is 105 cm³/mol. The average molecular weight is 465 g/mol. The first-order chi connectivity index (χ1) is 13.3. The number of ether oxygens (including phenoxy) is 1. The molecule has 148 valence electrons. The van der Waals surface area contributed by atoms with Crippen molar-refractivity contribution in [2.45, 2.75) is 11.3 Å². The molecule has 1 aromatic heterocycles. The lowest BCUT2D eigenvalue weighted by Crippen LogP contribution is -2.15. The number of halogens is 4. The van der Waals surface area contributed by atoms with E-state index in [1.54, 1.807) is 5.38 Å². The van der Waals surface area contributed by atoms with E-state index in [1.165, 1.54) is 24.4 Å². The molecule has 1 heterocycles. The second-order valence-electron chi connectivity index (χ2n) is 5.49. The van der Waals surface area contributed by atoms with Crippen LogP contribution in [0.3, 0.4) is 0 Å². The number of hydrogen-bond acceptors (Lipinski definition) is 5. The molecule has 3 aromatic rings. The number of sulfonamides is 1. The average Bonchev–Trinajstić information content (AvgIpc) is 3.12. The van der Waals surface area contributed by atoms with E-state index in [-0.39, 0.29) is 28.9 Å². The van der Waals surface area contributed by atoms with Crippen LogP contribution in [-0.2, 0) is 16.4 Å². The molecule has 0 amide bonds. The molecule has 2 aromatic carbocycles. The van der Waals surface area contributed by atoms with Crippen molar-refractivity contribution in [2.24, 2.45) is 0 Å². The Morgan fingerprint density at radius 3 is 2.64 bits per heavy atom. The van der Waals surface area contributed by atoms with Crippen molar-refractivity contribution in [1.82, 2.24) is 4.98 Å². The van der Waals surface area contributed by atoms with Crippen molar-refractivity contribution < 1.29 is 21.9 Å². The number of hydrogen-bond donors (Lipinski definition) is 1. The Labute approximate surface area is 173 Å². The second kappa shape index (κ2) is 8.60. The third kappa shape index (κ3) is 4.91. The van der Waals surface area contributed by atoms with Crippen molar-refractivity contribution in [3.63, 3.8) is 0 Å². The van der Waals surface area contributed by atoms with Crippen LogP contribution in [0, 0.1) is 11.6 Å². The fourth-order valence-electron chi connectivity index (χ4n) is 2.28. The summed E-state index contributed by atoms with van der Waals surface area (Å²) in [5.41, 5.74) is 0.330. The predicted octanol–water partition coefficient (Wildman–Crippen LogP) is 5.15. The molecule has 0 aliphatic rings. The normalized spacial score (nSPS) is 11.4. The molecule has 0 unspecified atom stereocenters. The fourth-order valence-corrected chi connectivity index (χ4v) is 4.63. The van der Waals surface area contributed by atoms with E-state index in [0.29, 0.717) is 10.6 Å². The number of rotatable bonds is 7. The second-order valence-corrected chi connectivity index (χ2v) is 8.88. The molecule has 0 bridgehead atoms. The van der Waals surface area contributed by atoms with Gasteiger partial charge < -0.3 is 4.74 Å². The van der Waals surface area contributed by atoms with Gasteiger partial charge in [-0.05, 0) is 29.8 Å². The summed E-state index contributed by atoms with van der Waals surface area (Å²) in [5, 5.41) is 1.94. The van der Waals surface area contributed by atoms with Crippen LogP contribution in [0.2, 0.25) is 10.0 Å². The van der Waals surface area contributed by atoms with Gasteiger partial charge in [0.2, 0.25) is 0 Å². The Morgan fingerprint density at radius 1 is 1.14 bits per heavy atom. The first-order valence-corrected chi connectivity index (χ1v) is 10.9. The topological polar surface area (TPSA) is 68.3 Å². The summed E-state index contributed by atoms with van der Waals surface area (Å²) >= 11 is 12.9. The number of nitrogens with zero attached hydrogens (tertiary/aromatic N) is 1. The number of anilines is 1. The molecule has 11 heteroatoms. The molecule has 0 fully saturated rings. The molecule has 0 radical (unpaired) electrons. The lowest BCUT2D eigenvalue weighted by molar-refractivity contribution is 0.318. The molecule has 0 spiro atoms. The molecule has 0 aliphatic heterocycles. The fraction of sp³-hybridized carbons (Fsp3) is 0.118. The summed E-state index contributed by atoms with van der Waals surface area (Å²) in [6.07, 6.45) is 1.57. The zero-order valence-corrected chi connectivity index (χ0v) is 17.1. The van der Waals surface area contributed by atoms with Crippen molar-refractivity contribution >= 4 is 49.7 Å². The van der Waals surface area contributed by atoms with Gasteiger partial charge >= 0.3 is 0 Å². The standard InChI is InChI=1S/C17H12Cl2F2N2O3S2/c18-11-1-2-13(20)10(7-11)3-5-26-15-9-14(21)16(8-12(15)19)28(24,25)23-17-22-4-6-27-17/h1-2,4,6-9H,3,5H2,(H,22,23). The minimum absolute atomic E-state index is 0.0140. The lowest BCUT2D eigenvalue weighted by Gasteiger charge is -2.12. The van der Waals surface area contributed by atoms with E-state index in [1.807, 2.05) is 0 Å². The maximum Gasteiger partial charge on any atom is 0.266 e.